The molecule has 1 fully saturated rings. The van der Waals surface area contributed by atoms with Crippen molar-refractivity contribution in [1.82, 2.24) is 14.8 Å². The highest BCUT2D eigenvalue weighted by molar-refractivity contribution is 7.13. The molecule has 0 unspecified atom stereocenters. The lowest BCUT2D eigenvalue weighted by Crippen LogP contribution is -2.49. The van der Waals surface area contributed by atoms with Gasteiger partial charge in [0.05, 0.1) is 7.11 Å². The second-order valence-corrected chi connectivity index (χ2v) is 7.92. The third kappa shape index (κ3) is 4.98. The van der Waals surface area contributed by atoms with E-state index in [1.165, 1.54) is 11.3 Å². The van der Waals surface area contributed by atoms with Crippen LogP contribution in [0.4, 0.5) is 0 Å². The zero-order valence-electron chi connectivity index (χ0n) is 17.0. The summed E-state index contributed by atoms with van der Waals surface area (Å²) in [6.07, 6.45) is 0. The summed E-state index contributed by atoms with van der Waals surface area (Å²) in [4.78, 5) is 21.6. The Balaban J connectivity index is 1.26. The van der Waals surface area contributed by atoms with Gasteiger partial charge < -0.3 is 14.4 Å². The Kier molecular flexibility index (Phi) is 6.61. The molecular formula is C23H25N3O3S. The number of piperazine rings is 1. The van der Waals surface area contributed by atoms with Crippen LogP contribution in [0.25, 0.3) is 10.6 Å². The minimum Gasteiger partial charge on any atom is -0.497 e. The molecule has 2 aromatic carbocycles. The fourth-order valence-electron chi connectivity index (χ4n) is 3.38. The Morgan fingerprint density at radius 3 is 2.43 bits per heavy atom. The predicted molar refractivity (Wildman–Crippen MR) is 118 cm³/mol. The number of amides is 1. The fourth-order valence-corrected chi connectivity index (χ4v) is 4.18. The Bertz CT molecular complexity index is 951. The van der Waals surface area contributed by atoms with Crippen LogP contribution in [-0.2, 0) is 0 Å². The number of nitrogens with zero attached hydrogens (tertiary/aromatic N) is 3. The van der Waals surface area contributed by atoms with Gasteiger partial charge in [0.2, 0.25) is 0 Å². The van der Waals surface area contributed by atoms with Gasteiger partial charge in [-0.2, -0.15) is 0 Å². The SMILES string of the molecule is COc1ccc(-c2nc(C(=O)N3CCN(CCOc4ccccc4)CC3)cs2)cc1. The van der Waals surface area contributed by atoms with Crippen LogP contribution in [0.5, 0.6) is 11.5 Å². The van der Waals surface area contributed by atoms with Gasteiger partial charge in [-0.15, -0.1) is 11.3 Å². The second kappa shape index (κ2) is 9.73. The molecule has 7 heteroatoms. The molecule has 1 saturated heterocycles. The summed E-state index contributed by atoms with van der Waals surface area (Å²) in [5.41, 5.74) is 1.51. The van der Waals surface area contributed by atoms with E-state index in [0.717, 1.165) is 41.7 Å². The first-order valence-electron chi connectivity index (χ1n) is 10.0. The van der Waals surface area contributed by atoms with Crippen LogP contribution in [0.15, 0.2) is 60.0 Å². The quantitative estimate of drug-likeness (QED) is 0.581. The maximum absolute atomic E-state index is 12.9. The molecule has 6 nitrogen and oxygen atoms in total. The van der Waals surface area contributed by atoms with E-state index in [4.69, 9.17) is 9.47 Å². The highest BCUT2D eigenvalue weighted by Crippen LogP contribution is 2.26. The van der Waals surface area contributed by atoms with E-state index in [1.54, 1.807) is 7.11 Å². The van der Waals surface area contributed by atoms with Crippen LogP contribution in [0.2, 0.25) is 0 Å². The van der Waals surface area contributed by atoms with Crippen molar-refractivity contribution in [2.24, 2.45) is 0 Å². The third-order valence-electron chi connectivity index (χ3n) is 5.14. The van der Waals surface area contributed by atoms with Gasteiger partial charge in [-0.1, -0.05) is 18.2 Å². The van der Waals surface area contributed by atoms with Crippen molar-refractivity contribution in [3.8, 4) is 22.1 Å². The smallest absolute Gasteiger partial charge is 0.273 e. The summed E-state index contributed by atoms with van der Waals surface area (Å²) in [5, 5.41) is 2.69. The summed E-state index contributed by atoms with van der Waals surface area (Å²) in [7, 11) is 1.64. The monoisotopic (exact) mass is 423 g/mol. The Morgan fingerprint density at radius 1 is 1.00 bits per heavy atom. The molecule has 0 bridgehead atoms. The lowest BCUT2D eigenvalue weighted by Gasteiger charge is -2.34. The minimum absolute atomic E-state index is 0.00574. The summed E-state index contributed by atoms with van der Waals surface area (Å²) >= 11 is 1.49. The standard InChI is InChI=1S/C23H25N3O3S/c1-28-19-9-7-18(8-10-19)22-24-21(17-30-22)23(27)26-13-11-25(12-14-26)15-16-29-20-5-3-2-4-6-20/h2-10,17H,11-16H2,1H3. The molecule has 0 saturated carbocycles. The van der Waals surface area contributed by atoms with Gasteiger partial charge in [0.15, 0.2) is 0 Å². The first-order valence-corrected chi connectivity index (χ1v) is 10.9. The Morgan fingerprint density at radius 2 is 1.73 bits per heavy atom. The van der Waals surface area contributed by atoms with Gasteiger partial charge in [-0.05, 0) is 36.4 Å². The zero-order valence-corrected chi connectivity index (χ0v) is 17.8. The van der Waals surface area contributed by atoms with Crippen molar-refractivity contribution in [3.63, 3.8) is 0 Å². The fraction of sp³-hybridized carbons (Fsp3) is 0.304. The molecule has 1 aromatic heterocycles. The van der Waals surface area contributed by atoms with Gasteiger partial charge >= 0.3 is 0 Å². The van der Waals surface area contributed by atoms with Crippen molar-refractivity contribution >= 4 is 17.2 Å². The molecule has 0 N–H and O–H groups in total. The molecule has 156 valence electrons. The number of hydrogen-bond donors (Lipinski definition) is 0. The van der Waals surface area contributed by atoms with E-state index in [9.17, 15) is 4.79 Å². The number of benzene rings is 2. The van der Waals surface area contributed by atoms with Crippen LogP contribution in [0, 0.1) is 0 Å². The molecule has 4 rings (SSSR count). The number of thiazole rings is 1. The second-order valence-electron chi connectivity index (χ2n) is 7.06. The first-order chi connectivity index (χ1) is 14.7. The number of carbonyl (C=O) groups excluding carboxylic acids is 1. The number of carbonyl (C=O) groups is 1. The number of hydrogen-bond acceptors (Lipinski definition) is 6. The van der Waals surface area contributed by atoms with Crippen LogP contribution < -0.4 is 9.47 Å². The highest BCUT2D eigenvalue weighted by atomic mass is 32.1. The van der Waals surface area contributed by atoms with E-state index in [2.05, 4.69) is 9.88 Å². The molecule has 30 heavy (non-hydrogen) atoms. The Hall–Kier alpha value is -2.90. The van der Waals surface area contributed by atoms with Crippen LogP contribution >= 0.6 is 11.3 Å². The van der Waals surface area contributed by atoms with Crippen LogP contribution in [-0.4, -0.2) is 67.1 Å². The average molecular weight is 424 g/mol. The van der Waals surface area contributed by atoms with E-state index >= 15 is 0 Å². The van der Waals surface area contributed by atoms with Gasteiger partial charge in [0.25, 0.3) is 5.91 Å². The lowest BCUT2D eigenvalue weighted by atomic mass is 10.2. The van der Waals surface area contributed by atoms with Crippen molar-refractivity contribution in [2.75, 3.05) is 46.4 Å². The van der Waals surface area contributed by atoms with Gasteiger partial charge in [0.1, 0.15) is 28.8 Å². The van der Waals surface area contributed by atoms with Gasteiger partial charge in [-0.25, -0.2) is 4.98 Å². The topological polar surface area (TPSA) is 54.9 Å². The molecule has 0 aliphatic carbocycles. The largest absolute Gasteiger partial charge is 0.497 e. The van der Waals surface area contributed by atoms with E-state index in [1.807, 2.05) is 64.9 Å². The van der Waals surface area contributed by atoms with Crippen LogP contribution in [0.1, 0.15) is 10.5 Å². The maximum Gasteiger partial charge on any atom is 0.273 e. The third-order valence-corrected chi connectivity index (χ3v) is 6.03. The zero-order chi connectivity index (χ0) is 20.8. The van der Waals surface area contributed by atoms with Crippen molar-refractivity contribution in [1.29, 1.82) is 0 Å². The summed E-state index contributed by atoms with van der Waals surface area (Å²) < 4.78 is 11.0. The normalized spacial score (nSPS) is 14.5. The number of ether oxygens (including phenoxy) is 2. The lowest BCUT2D eigenvalue weighted by molar-refractivity contribution is 0.0615. The van der Waals surface area contributed by atoms with Crippen LogP contribution in [0.3, 0.4) is 0 Å². The Labute approximate surface area is 180 Å². The molecule has 3 aromatic rings. The molecule has 1 amide bonds. The molecule has 0 atom stereocenters. The van der Waals surface area contributed by atoms with Gasteiger partial charge in [-0.3, -0.25) is 9.69 Å². The average Bonchev–Trinajstić information content (AvgIpc) is 3.30. The van der Waals surface area contributed by atoms with E-state index in [0.29, 0.717) is 25.4 Å². The maximum atomic E-state index is 12.9. The molecular weight excluding hydrogens is 398 g/mol. The van der Waals surface area contributed by atoms with E-state index in [-0.39, 0.29) is 5.91 Å². The van der Waals surface area contributed by atoms with Crippen molar-refractivity contribution in [2.45, 2.75) is 0 Å². The van der Waals surface area contributed by atoms with Crippen molar-refractivity contribution < 1.29 is 14.3 Å². The van der Waals surface area contributed by atoms with Gasteiger partial charge in [0, 0.05) is 43.7 Å². The molecule has 0 radical (unpaired) electrons. The van der Waals surface area contributed by atoms with E-state index < -0.39 is 0 Å². The number of rotatable bonds is 7. The predicted octanol–water partition coefficient (Wildman–Crippen LogP) is 3.66. The number of methoxy groups -OCH3 is 1. The minimum atomic E-state index is 0.00574. The summed E-state index contributed by atoms with van der Waals surface area (Å²) in [6.45, 7) is 4.61. The molecule has 1 aliphatic rings. The van der Waals surface area contributed by atoms with Crippen molar-refractivity contribution in [3.05, 3.63) is 65.7 Å². The molecule has 1 aliphatic heterocycles. The summed E-state index contributed by atoms with van der Waals surface area (Å²) in [5.74, 6) is 1.70. The number of aromatic nitrogens is 1. The molecule has 0 spiro atoms. The molecule has 2 heterocycles. The number of para-hydroxylation sites is 1. The summed E-state index contributed by atoms with van der Waals surface area (Å²) in [6, 6.07) is 17.6. The highest BCUT2D eigenvalue weighted by Gasteiger charge is 2.24. The first kappa shape index (κ1) is 20.4.